The van der Waals surface area contributed by atoms with E-state index in [0.717, 1.165) is 30.7 Å². The van der Waals surface area contributed by atoms with Gasteiger partial charge in [-0.2, -0.15) is 0 Å². The van der Waals surface area contributed by atoms with Crippen LogP contribution in [0.5, 0.6) is 5.75 Å². The van der Waals surface area contributed by atoms with E-state index < -0.39 is 0 Å². The van der Waals surface area contributed by atoms with E-state index in [-0.39, 0.29) is 0 Å². The molecular formula is C14H22BrNO. The average molecular weight is 300 g/mol. The highest BCUT2D eigenvalue weighted by Gasteiger charge is 2.08. The van der Waals surface area contributed by atoms with Crippen molar-refractivity contribution in [2.24, 2.45) is 0 Å². The molecule has 3 heteroatoms. The van der Waals surface area contributed by atoms with Gasteiger partial charge in [0.15, 0.2) is 0 Å². The van der Waals surface area contributed by atoms with Crippen molar-refractivity contribution < 1.29 is 4.74 Å². The van der Waals surface area contributed by atoms with Gasteiger partial charge in [-0.15, -0.1) is 0 Å². The first-order valence-electron chi connectivity index (χ1n) is 6.13. The lowest BCUT2D eigenvalue weighted by Gasteiger charge is -2.21. The van der Waals surface area contributed by atoms with Crippen LogP contribution in [0.2, 0.25) is 0 Å². The molecule has 0 heterocycles. The first kappa shape index (κ1) is 14.5. The summed E-state index contributed by atoms with van der Waals surface area (Å²) >= 11 is 3.48. The molecule has 0 amide bonds. The molecule has 0 radical (unpaired) electrons. The SMILES string of the molecule is CCN(CCCBr)Cc1cc(C)ccc1OC. The molecule has 1 aromatic carbocycles. The van der Waals surface area contributed by atoms with E-state index in [0.29, 0.717) is 0 Å². The molecule has 2 nitrogen and oxygen atoms in total. The summed E-state index contributed by atoms with van der Waals surface area (Å²) in [6, 6.07) is 6.37. The first-order chi connectivity index (χ1) is 8.21. The maximum absolute atomic E-state index is 5.41. The first-order valence-corrected chi connectivity index (χ1v) is 7.25. The number of nitrogens with zero attached hydrogens (tertiary/aromatic N) is 1. The van der Waals surface area contributed by atoms with Gasteiger partial charge < -0.3 is 4.74 Å². The van der Waals surface area contributed by atoms with E-state index in [4.69, 9.17) is 4.74 Å². The Balaban J connectivity index is 2.73. The van der Waals surface area contributed by atoms with Gasteiger partial charge in [-0.25, -0.2) is 0 Å². The monoisotopic (exact) mass is 299 g/mol. The molecule has 0 aliphatic heterocycles. The predicted octanol–water partition coefficient (Wildman–Crippen LogP) is 3.61. The largest absolute Gasteiger partial charge is 0.496 e. The van der Waals surface area contributed by atoms with Crippen LogP contribution in [0.15, 0.2) is 18.2 Å². The van der Waals surface area contributed by atoms with Crippen molar-refractivity contribution in [2.75, 3.05) is 25.5 Å². The van der Waals surface area contributed by atoms with Crippen molar-refractivity contribution in [3.8, 4) is 5.75 Å². The van der Waals surface area contributed by atoms with Gasteiger partial charge in [-0.05, 0) is 32.5 Å². The number of rotatable bonds is 7. The highest BCUT2D eigenvalue weighted by molar-refractivity contribution is 9.09. The normalized spacial score (nSPS) is 10.9. The molecule has 0 atom stereocenters. The quantitative estimate of drug-likeness (QED) is 0.713. The summed E-state index contributed by atoms with van der Waals surface area (Å²) in [7, 11) is 1.74. The number of ether oxygens (including phenoxy) is 1. The van der Waals surface area contributed by atoms with Crippen molar-refractivity contribution >= 4 is 15.9 Å². The number of hydrogen-bond donors (Lipinski definition) is 0. The van der Waals surface area contributed by atoms with E-state index in [1.54, 1.807) is 7.11 Å². The lowest BCUT2D eigenvalue weighted by molar-refractivity contribution is 0.276. The van der Waals surface area contributed by atoms with E-state index in [9.17, 15) is 0 Å². The van der Waals surface area contributed by atoms with Crippen LogP contribution >= 0.6 is 15.9 Å². The van der Waals surface area contributed by atoms with Gasteiger partial charge in [0.1, 0.15) is 5.75 Å². The van der Waals surface area contributed by atoms with Crippen LogP contribution in [0.25, 0.3) is 0 Å². The third-order valence-electron chi connectivity index (χ3n) is 2.89. The van der Waals surface area contributed by atoms with Gasteiger partial charge in [0.25, 0.3) is 0 Å². The average Bonchev–Trinajstić information content (AvgIpc) is 2.34. The maximum Gasteiger partial charge on any atom is 0.123 e. The Kier molecular flexibility index (Phi) is 6.60. The predicted molar refractivity (Wildman–Crippen MR) is 77.1 cm³/mol. The topological polar surface area (TPSA) is 12.5 Å². The number of methoxy groups -OCH3 is 1. The van der Waals surface area contributed by atoms with E-state index in [1.165, 1.54) is 17.5 Å². The number of aryl methyl sites for hydroxylation is 1. The molecule has 0 spiro atoms. The zero-order valence-corrected chi connectivity index (χ0v) is 12.6. The zero-order chi connectivity index (χ0) is 12.7. The second kappa shape index (κ2) is 7.72. The molecule has 0 aliphatic carbocycles. The molecule has 1 aromatic rings. The lowest BCUT2D eigenvalue weighted by atomic mass is 10.1. The molecule has 0 bridgehead atoms. The van der Waals surface area contributed by atoms with Crippen LogP contribution in [0.4, 0.5) is 0 Å². The maximum atomic E-state index is 5.41. The zero-order valence-electron chi connectivity index (χ0n) is 11.0. The van der Waals surface area contributed by atoms with Crippen LogP contribution in [0.3, 0.4) is 0 Å². The summed E-state index contributed by atoms with van der Waals surface area (Å²) in [4.78, 5) is 2.44. The number of benzene rings is 1. The minimum atomic E-state index is 0.967. The van der Waals surface area contributed by atoms with E-state index >= 15 is 0 Å². The van der Waals surface area contributed by atoms with Gasteiger partial charge >= 0.3 is 0 Å². The number of halogens is 1. The Labute approximate surface area is 113 Å². The fraction of sp³-hybridized carbons (Fsp3) is 0.571. The van der Waals surface area contributed by atoms with Gasteiger partial charge in [0.2, 0.25) is 0 Å². The number of alkyl halides is 1. The second-order valence-electron chi connectivity index (χ2n) is 4.23. The third-order valence-corrected chi connectivity index (χ3v) is 3.45. The Morgan fingerprint density at radius 1 is 1.35 bits per heavy atom. The van der Waals surface area contributed by atoms with Gasteiger partial charge in [0.05, 0.1) is 7.11 Å². The summed E-state index contributed by atoms with van der Waals surface area (Å²) < 4.78 is 5.41. The summed E-state index contributed by atoms with van der Waals surface area (Å²) in [5.74, 6) is 0.993. The molecule has 17 heavy (non-hydrogen) atoms. The van der Waals surface area contributed by atoms with Crippen LogP contribution in [-0.4, -0.2) is 30.4 Å². The highest BCUT2D eigenvalue weighted by Crippen LogP contribution is 2.21. The lowest BCUT2D eigenvalue weighted by Crippen LogP contribution is -2.24. The Bertz CT molecular complexity index is 341. The van der Waals surface area contributed by atoms with Crippen molar-refractivity contribution in [1.29, 1.82) is 0 Å². The minimum Gasteiger partial charge on any atom is -0.496 e. The molecule has 0 saturated carbocycles. The smallest absolute Gasteiger partial charge is 0.123 e. The Morgan fingerprint density at radius 3 is 2.71 bits per heavy atom. The van der Waals surface area contributed by atoms with Crippen molar-refractivity contribution in [3.63, 3.8) is 0 Å². The Hall–Kier alpha value is -0.540. The van der Waals surface area contributed by atoms with Gasteiger partial charge in [-0.3, -0.25) is 4.90 Å². The molecule has 0 unspecified atom stereocenters. The van der Waals surface area contributed by atoms with Gasteiger partial charge in [-0.1, -0.05) is 40.5 Å². The van der Waals surface area contributed by atoms with Crippen molar-refractivity contribution in [1.82, 2.24) is 4.90 Å². The van der Waals surface area contributed by atoms with Crippen LogP contribution in [0, 0.1) is 6.92 Å². The summed E-state index contributed by atoms with van der Waals surface area (Å²) in [5.41, 5.74) is 2.57. The fourth-order valence-corrected chi connectivity index (χ4v) is 2.15. The third kappa shape index (κ3) is 4.68. The van der Waals surface area contributed by atoms with E-state index in [1.807, 2.05) is 0 Å². The van der Waals surface area contributed by atoms with Crippen LogP contribution < -0.4 is 4.74 Å². The Morgan fingerprint density at radius 2 is 2.12 bits per heavy atom. The van der Waals surface area contributed by atoms with Gasteiger partial charge in [0, 0.05) is 17.4 Å². The standard InChI is InChI=1S/C14H22BrNO/c1-4-16(9-5-8-15)11-13-10-12(2)6-7-14(13)17-3/h6-7,10H,4-5,8-9,11H2,1-3H3. The molecule has 0 N–H and O–H groups in total. The second-order valence-corrected chi connectivity index (χ2v) is 5.02. The number of hydrogen-bond acceptors (Lipinski definition) is 2. The molecule has 1 rings (SSSR count). The fourth-order valence-electron chi connectivity index (χ4n) is 1.90. The molecule has 0 saturated heterocycles. The molecule has 0 fully saturated rings. The minimum absolute atomic E-state index is 0.967. The summed E-state index contributed by atoms with van der Waals surface area (Å²) in [6.45, 7) is 7.49. The van der Waals surface area contributed by atoms with Crippen LogP contribution in [0.1, 0.15) is 24.5 Å². The van der Waals surface area contributed by atoms with Crippen LogP contribution in [-0.2, 0) is 6.54 Å². The van der Waals surface area contributed by atoms with E-state index in [2.05, 4.69) is 52.9 Å². The highest BCUT2D eigenvalue weighted by atomic mass is 79.9. The summed E-state index contributed by atoms with van der Waals surface area (Å²) in [6.07, 6.45) is 1.18. The summed E-state index contributed by atoms with van der Waals surface area (Å²) in [5, 5.41) is 1.06. The van der Waals surface area contributed by atoms with Crippen molar-refractivity contribution in [3.05, 3.63) is 29.3 Å². The molecule has 96 valence electrons. The van der Waals surface area contributed by atoms with Crippen molar-refractivity contribution in [2.45, 2.75) is 26.8 Å². The molecule has 0 aliphatic rings. The molecule has 0 aromatic heterocycles. The molecular weight excluding hydrogens is 278 g/mol.